The van der Waals surface area contributed by atoms with Gasteiger partial charge in [0.05, 0.1) is 22.9 Å². The standard InChI is InChI=1S/C33H41N3O7.C22H27N3O7S2/c1-3-5-6-7-8-9-10-11-12-13-14-15-16-17-18-19-20-31(38)43-22-21-35(4-2)33(40)28(26-34)23-27-24-29(36(41)42)32(39)30(37)25-27;1-2-24(8-9-32-20(27)6-4-3-5-17-7-10-33-34-17)22(29)16(14-23)11-15-12-18(25(30)31)21(28)19(26)13-15/h5-6,8-9,11-12,14-15,17-18,23-25,37,39H,3-4,7,10,13,16,19-22H2,1-2H3;11-13,17,26,28H,2-10H2,1H3/b6-5-,9-8-,12-11-,15-14-,18-17-,28-23+;16-11+. The lowest BCUT2D eigenvalue weighted by Crippen LogP contribution is -2.35. The number of phenolic OH excluding ortho intramolecular Hbond substituents is 4. The quantitative estimate of drug-likeness (QED) is 0.00627. The maximum absolute atomic E-state index is 12.8. The molecule has 414 valence electrons. The number of rotatable bonds is 31. The van der Waals surface area contributed by atoms with E-state index < -0.39 is 62.0 Å². The third-order valence-corrected chi connectivity index (χ3v) is 14.1. The van der Waals surface area contributed by atoms with Crippen molar-refractivity contribution in [2.24, 2.45) is 0 Å². The number of allylic oxidation sites excluding steroid dienone is 10. The third kappa shape index (κ3) is 25.5. The first-order chi connectivity index (χ1) is 37.0. The molecule has 0 radical (unpaired) electrons. The number of phenols is 4. The van der Waals surface area contributed by atoms with Crippen LogP contribution in [0.4, 0.5) is 11.4 Å². The van der Waals surface area contributed by atoms with Gasteiger partial charge in [-0.25, -0.2) is 0 Å². The van der Waals surface area contributed by atoms with Crippen LogP contribution in [-0.2, 0) is 28.7 Å². The van der Waals surface area contributed by atoms with Crippen molar-refractivity contribution in [1.29, 1.82) is 10.5 Å². The molecule has 1 atom stereocenters. The minimum Gasteiger partial charge on any atom is -0.504 e. The lowest BCUT2D eigenvalue weighted by Gasteiger charge is -2.20. The molecule has 0 saturated carbocycles. The van der Waals surface area contributed by atoms with E-state index in [1.165, 1.54) is 22.0 Å². The van der Waals surface area contributed by atoms with Gasteiger partial charge < -0.3 is 39.7 Å². The topological polar surface area (TPSA) is 308 Å². The van der Waals surface area contributed by atoms with Crippen LogP contribution in [0.5, 0.6) is 23.0 Å². The minimum atomic E-state index is -0.912. The molecule has 20 nitrogen and oxygen atoms in total. The fourth-order valence-electron chi connectivity index (χ4n) is 6.92. The number of aromatic hydroxyl groups is 4. The van der Waals surface area contributed by atoms with Gasteiger partial charge >= 0.3 is 23.3 Å². The summed E-state index contributed by atoms with van der Waals surface area (Å²) in [7, 11) is 3.81. The molecule has 4 N–H and O–H groups in total. The van der Waals surface area contributed by atoms with E-state index in [1.807, 2.05) is 33.7 Å². The number of unbranched alkanes of at least 4 members (excludes halogenated alkanes) is 1. The summed E-state index contributed by atoms with van der Waals surface area (Å²) in [5, 5.41) is 80.3. The third-order valence-electron chi connectivity index (χ3n) is 11.0. The summed E-state index contributed by atoms with van der Waals surface area (Å²) >= 11 is 0. The molecular weight excluding hydrogens is 1030 g/mol. The molecule has 1 unspecified atom stereocenters. The van der Waals surface area contributed by atoms with E-state index in [1.54, 1.807) is 26.0 Å². The monoisotopic (exact) mass is 1100 g/mol. The molecule has 2 aromatic carbocycles. The lowest BCUT2D eigenvalue weighted by molar-refractivity contribution is -0.386. The average Bonchev–Trinajstić information content (AvgIpc) is 3.94. The number of ether oxygens (including phenoxy) is 2. The summed E-state index contributed by atoms with van der Waals surface area (Å²) in [5.74, 6) is -4.19. The molecule has 1 heterocycles. The molecule has 0 bridgehead atoms. The van der Waals surface area contributed by atoms with Gasteiger partial charge in [-0.3, -0.25) is 39.4 Å². The molecule has 0 spiro atoms. The molecule has 77 heavy (non-hydrogen) atoms. The Morgan fingerprint density at radius 3 is 1.48 bits per heavy atom. The van der Waals surface area contributed by atoms with Gasteiger partial charge in [-0.2, -0.15) is 10.5 Å². The molecule has 0 aromatic heterocycles. The van der Waals surface area contributed by atoms with Crippen molar-refractivity contribution in [1.82, 2.24) is 9.80 Å². The summed E-state index contributed by atoms with van der Waals surface area (Å²) in [6, 6.07) is 7.39. The second-order valence-electron chi connectivity index (χ2n) is 16.7. The van der Waals surface area contributed by atoms with E-state index in [9.17, 15) is 70.4 Å². The Morgan fingerprint density at radius 2 is 1.09 bits per heavy atom. The Morgan fingerprint density at radius 1 is 0.662 bits per heavy atom. The number of likely N-dealkylation sites (N-methyl/N-ethyl adjacent to an activating group) is 2. The lowest BCUT2D eigenvalue weighted by atomic mass is 10.1. The van der Waals surface area contributed by atoms with Crippen LogP contribution in [-0.4, -0.2) is 114 Å². The SMILES string of the molecule is CC/C=C\C/C=C\C/C=C\C/C=C\C/C=C\CCC(=O)OCCN(CC)C(=O)/C(C#N)=C/c1cc(O)c(O)c([N+](=O)[O-])c1.CCN(CCOC(=O)CCCCC1CCSS1)C(=O)/C(C#N)=C/c1cc(O)c(O)c([N+](=O)[O-])c1. The van der Waals surface area contributed by atoms with E-state index >= 15 is 0 Å². The van der Waals surface area contributed by atoms with Gasteiger partial charge in [-0.1, -0.05) is 95.7 Å². The fourth-order valence-corrected chi connectivity index (χ4v) is 9.95. The largest absolute Gasteiger partial charge is 0.504 e. The summed E-state index contributed by atoms with van der Waals surface area (Å²) < 4.78 is 10.4. The van der Waals surface area contributed by atoms with Crippen molar-refractivity contribution in [2.75, 3.05) is 45.1 Å². The van der Waals surface area contributed by atoms with Crippen LogP contribution in [0.3, 0.4) is 0 Å². The number of nitriles is 2. The molecule has 2 aromatic rings. The zero-order chi connectivity index (χ0) is 57.0. The number of hydrogen-bond acceptors (Lipinski definition) is 18. The Kier molecular flexibility index (Phi) is 32.1. The highest BCUT2D eigenvalue weighted by atomic mass is 33.1. The molecule has 1 aliphatic rings. The van der Waals surface area contributed by atoms with E-state index in [2.05, 4.69) is 55.5 Å². The van der Waals surface area contributed by atoms with Gasteiger partial charge in [-0.05, 0) is 107 Å². The first-order valence-electron chi connectivity index (χ1n) is 25.1. The van der Waals surface area contributed by atoms with Crippen molar-refractivity contribution >= 4 is 68.9 Å². The first kappa shape index (κ1) is 65.3. The van der Waals surface area contributed by atoms with E-state index in [0.717, 1.165) is 87.8 Å². The van der Waals surface area contributed by atoms with Crippen LogP contribution in [0, 0.1) is 42.9 Å². The van der Waals surface area contributed by atoms with Gasteiger partial charge in [-0.15, -0.1) is 0 Å². The van der Waals surface area contributed by atoms with Crippen LogP contribution in [0.25, 0.3) is 12.2 Å². The Bertz CT molecular complexity index is 2610. The van der Waals surface area contributed by atoms with E-state index in [-0.39, 0.29) is 74.1 Å². The molecular formula is C55H68N6O14S2. The number of nitro groups is 2. The van der Waals surface area contributed by atoms with Gasteiger partial charge in [0.25, 0.3) is 11.8 Å². The van der Waals surface area contributed by atoms with Gasteiger partial charge in [0.2, 0.25) is 11.5 Å². The summed E-state index contributed by atoms with van der Waals surface area (Å²) in [4.78, 5) is 72.5. The zero-order valence-corrected chi connectivity index (χ0v) is 45.3. The molecule has 22 heteroatoms. The smallest absolute Gasteiger partial charge is 0.315 e. The Labute approximate surface area is 457 Å². The highest BCUT2D eigenvalue weighted by Crippen LogP contribution is 2.40. The normalized spacial score (nSPS) is 13.6. The number of benzene rings is 2. The molecule has 2 amide bonds. The molecule has 3 rings (SSSR count). The van der Waals surface area contributed by atoms with Crippen molar-refractivity contribution in [3.63, 3.8) is 0 Å². The second-order valence-corrected chi connectivity index (χ2v) is 19.5. The number of hydrogen-bond donors (Lipinski definition) is 4. The number of nitrogens with zero attached hydrogens (tertiary/aromatic N) is 6. The Hall–Kier alpha value is -7.82. The maximum atomic E-state index is 12.8. The van der Waals surface area contributed by atoms with Gasteiger partial charge in [0, 0.05) is 49.1 Å². The Balaban J connectivity index is 0.000000540. The fraction of sp³-hybridized carbons (Fsp3) is 0.418. The van der Waals surface area contributed by atoms with Crippen molar-refractivity contribution < 1.29 is 58.9 Å². The number of nitro benzene ring substituents is 2. The molecule has 1 fully saturated rings. The van der Waals surface area contributed by atoms with Crippen molar-refractivity contribution in [3.05, 3.63) is 128 Å². The summed E-state index contributed by atoms with van der Waals surface area (Å²) in [6.45, 7) is 6.02. The number of carbonyl (C=O) groups is 4. The predicted molar refractivity (Wildman–Crippen MR) is 297 cm³/mol. The minimum absolute atomic E-state index is 0.00368. The number of carbonyl (C=O) groups excluding carboxylic acids is 4. The van der Waals surface area contributed by atoms with Gasteiger partial charge in [0.1, 0.15) is 36.5 Å². The van der Waals surface area contributed by atoms with E-state index in [4.69, 9.17) is 9.47 Å². The first-order valence-corrected chi connectivity index (χ1v) is 27.5. The van der Waals surface area contributed by atoms with E-state index in [0.29, 0.717) is 18.1 Å². The second kappa shape index (κ2) is 37.8. The van der Waals surface area contributed by atoms with Crippen LogP contribution >= 0.6 is 21.6 Å². The summed E-state index contributed by atoms with van der Waals surface area (Å²) in [5.41, 5.74) is -2.19. The molecule has 1 aliphatic heterocycles. The summed E-state index contributed by atoms with van der Waals surface area (Å²) in [6.07, 6.45) is 32.8. The molecule has 0 aliphatic carbocycles. The highest BCUT2D eigenvalue weighted by Gasteiger charge is 2.24. The van der Waals surface area contributed by atoms with Crippen molar-refractivity contribution in [2.45, 2.75) is 103 Å². The molecule has 1 saturated heterocycles. The number of esters is 2. The predicted octanol–water partition coefficient (Wildman–Crippen LogP) is 10.9. The van der Waals surface area contributed by atoms with Gasteiger partial charge in [0.15, 0.2) is 11.5 Å². The highest BCUT2D eigenvalue weighted by molar-refractivity contribution is 8.77. The van der Waals surface area contributed by atoms with Crippen LogP contribution in [0.1, 0.15) is 109 Å². The number of amides is 2. The average molecular weight is 1100 g/mol. The van der Waals surface area contributed by atoms with Crippen LogP contribution in [0.15, 0.2) is 96.2 Å². The van der Waals surface area contributed by atoms with Crippen LogP contribution in [0.2, 0.25) is 0 Å². The van der Waals surface area contributed by atoms with Crippen LogP contribution < -0.4 is 0 Å². The van der Waals surface area contributed by atoms with Crippen molar-refractivity contribution in [3.8, 4) is 35.1 Å². The zero-order valence-electron chi connectivity index (χ0n) is 43.6. The maximum Gasteiger partial charge on any atom is 0.315 e.